The minimum atomic E-state index is -3.64. The maximum Gasteiger partial charge on any atom is 0.335 e. The fraction of sp³-hybridized carbons (Fsp3) is 0.267. The minimum Gasteiger partial charge on any atom is -0.478 e. The van der Waals surface area contributed by atoms with Crippen LogP contribution in [0.3, 0.4) is 0 Å². The van der Waals surface area contributed by atoms with Crippen LogP contribution < -0.4 is 4.72 Å². The molecule has 2 rings (SSSR count). The Labute approximate surface area is 128 Å². The molecule has 1 aromatic carbocycles. The summed E-state index contributed by atoms with van der Waals surface area (Å²) in [5, 5.41) is 8.95. The second-order valence-electron chi connectivity index (χ2n) is 4.86. The lowest BCUT2D eigenvalue weighted by Crippen LogP contribution is -2.25. The summed E-state index contributed by atoms with van der Waals surface area (Å²) < 4.78 is 32.0. The number of carboxylic acid groups (broad SMARTS) is 1. The van der Waals surface area contributed by atoms with Gasteiger partial charge >= 0.3 is 5.97 Å². The van der Waals surface area contributed by atoms with Crippen LogP contribution in [-0.2, 0) is 16.4 Å². The average Bonchev–Trinajstić information content (AvgIpc) is 2.96. The Morgan fingerprint density at radius 2 is 2.09 bits per heavy atom. The molecule has 0 unspecified atom stereocenters. The fourth-order valence-electron chi connectivity index (χ4n) is 2.05. The summed E-state index contributed by atoms with van der Waals surface area (Å²) in [5.41, 5.74) is 0.503. The lowest BCUT2D eigenvalue weighted by Gasteiger charge is -2.08. The number of hydrogen-bond donors (Lipinski definition) is 2. The predicted octanol–water partition coefficient (Wildman–Crippen LogP) is 2.20. The van der Waals surface area contributed by atoms with Crippen LogP contribution in [0.1, 0.15) is 28.1 Å². The van der Waals surface area contributed by atoms with Gasteiger partial charge in [-0.25, -0.2) is 17.9 Å². The zero-order valence-corrected chi connectivity index (χ0v) is 12.9. The third-order valence-corrected chi connectivity index (χ3v) is 4.67. The Bertz CT molecular complexity index is 750. The SMILES string of the molecule is Cc1cc(S(=O)(=O)NCCCc2ccco2)ccc1C(=O)O. The van der Waals surface area contributed by atoms with E-state index in [9.17, 15) is 13.2 Å². The minimum absolute atomic E-state index is 0.0630. The highest BCUT2D eigenvalue weighted by molar-refractivity contribution is 7.89. The lowest BCUT2D eigenvalue weighted by atomic mass is 10.1. The number of nitrogens with one attached hydrogen (secondary N) is 1. The number of hydrogen-bond acceptors (Lipinski definition) is 4. The molecule has 0 aliphatic heterocycles. The van der Waals surface area contributed by atoms with Gasteiger partial charge < -0.3 is 9.52 Å². The number of rotatable bonds is 7. The van der Waals surface area contributed by atoms with E-state index >= 15 is 0 Å². The highest BCUT2D eigenvalue weighted by atomic mass is 32.2. The smallest absolute Gasteiger partial charge is 0.335 e. The van der Waals surface area contributed by atoms with Crippen molar-refractivity contribution in [3.63, 3.8) is 0 Å². The van der Waals surface area contributed by atoms with Gasteiger partial charge in [0.05, 0.1) is 16.7 Å². The molecule has 0 atom stereocenters. The van der Waals surface area contributed by atoms with E-state index in [-0.39, 0.29) is 17.0 Å². The largest absolute Gasteiger partial charge is 0.478 e. The summed E-state index contributed by atoms with van der Waals surface area (Å²) in [6, 6.07) is 7.58. The molecular formula is C15H17NO5S. The van der Waals surface area contributed by atoms with Gasteiger partial charge in [-0.1, -0.05) is 0 Å². The van der Waals surface area contributed by atoms with Gasteiger partial charge in [-0.15, -0.1) is 0 Å². The van der Waals surface area contributed by atoms with Gasteiger partial charge in [0.1, 0.15) is 5.76 Å². The first kappa shape index (κ1) is 16.3. The molecule has 0 saturated carbocycles. The van der Waals surface area contributed by atoms with Crippen LogP contribution in [0, 0.1) is 6.92 Å². The first-order valence-corrected chi connectivity index (χ1v) is 8.24. The molecule has 118 valence electrons. The molecule has 1 aromatic heterocycles. The first-order chi connectivity index (χ1) is 10.4. The molecule has 0 spiro atoms. The van der Waals surface area contributed by atoms with Crippen LogP contribution in [0.5, 0.6) is 0 Å². The molecule has 6 nitrogen and oxygen atoms in total. The van der Waals surface area contributed by atoms with E-state index < -0.39 is 16.0 Å². The van der Waals surface area contributed by atoms with Crippen molar-refractivity contribution >= 4 is 16.0 Å². The van der Waals surface area contributed by atoms with Crippen molar-refractivity contribution in [1.29, 1.82) is 0 Å². The van der Waals surface area contributed by atoms with E-state index in [0.717, 1.165) is 5.76 Å². The molecule has 0 bridgehead atoms. The second-order valence-corrected chi connectivity index (χ2v) is 6.63. The number of aryl methyl sites for hydroxylation is 2. The van der Waals surface area contributed by atoms with Gasteiger partial charge in [-0.05, 0) is 49.2 Å². The van der Waals surface area contributed by atoms with Crippen molar-refractivity contribution in [3.05, 3.63) is 53.5 Å². The maximum atomic E-state index is 12.1. The summed E-state index contributed by atoms with van der Waals surface area (Å²) in [5.74, 6) is -0.270. The number of carboxylic acids is 1. The Morgan fingerprint density at radius 1 is 1.32 bits per heavy atom. The van der Waals surface area contributed by atoms with Crippen LogP contribution in [0.15, 0.2) is 45.9 Å². The Balaban J connectivity index is 1.98. The maximum absolute atomic E-state index is 12.1. The molecule has 0 aliphatic carbocycles. The van der Waals surface area contributed by atoms with Crippen LogP contribution in [-0.4, -0.2) is 26.0 Å². The summed E-state index contributed by atoms with van der Waals surface area (Å²) in [7, 11) is -3.64. The van der Waals surface area contributed by atoms with E-state index in [0.29, 0.717) is 18.4 Å². The summed E-state index contributed by atoms with van der Waals surface area (Å²) >= 11 is 0. The monoisotopic (exact) mass is 323 g/mol. The molecule has 22 heavy (non-hydrogen) atoms. The number of aromatic carboxylic acids is 1. The van der Waals surface area contributed by atoms with E-state index in [1.54, 1.807) is 19.3 Å². The van der Waals surface area contributed by atoms with Crippen LogP contribution in [0.2, 0.25) is 0 Å². The molecule has 7 heteroatoms. The molecule has 1 heterocycles. The summed E-state index contributed by atoms with van der Waals surface area (Å²) in [6.07, 6.45) is 2.83. The highest BCUT2D eigenvalue weighted by Crippen LogP contribution is 2.15. The van der Waals surface area contributed by atoms with E-state index in [4.69, 9.17) is 9.52 Å². The van der Waals surface area contributed by atoms with Crippen molar-refractivity contribution in [2.75, 3.05) is 6.54 Å². The predicted molar refractivity (Wildman–Crippen MR) is 80.4 cm³/mol. The Morgan fingerprint density at radius 3 is 2.68 bits per heavy atom. The van der Waals surface area contributed by atoms with Gasteiger partial charge in [0.15, 0.2) is 0 Å². The van der Waals surface area contributed by atoms with Crippen molar-refractivity contribution < 1.29 is 22.7 Å². The van der Waals surface area contributed by atoms with Crippen molar-refractivity contribution in [1.82, 2.24) is 4.72 Å². The Kier molecular flexibility index (Phi) is 4.99. The summed E-state index contributed by atoms with van der Waals surface area (Å²) in [6.45, 7) is 1.85. The first-order valence-electron chi connectivity index (χ1n) is 6.76. The van der Waals surface area contributed by atoms with Gasteiger partial charge in [0, 0.05) is 13.0 Å². The number of sulfonamides is 1. The molecule has 0 radical (unpaired) electrons. The summed E-state index contributed by atoms with van der Waals surface area (Å²) in [4.78, 5) is 11.0. The van der Waals surface area contributed by atoms with Crippen molar-refractivity contribution in [2.45, 2.75) is 24.7 Å². The lowest BCUT2D eigenvalue weighted by molar-refractivity contribution is 0.0696. The number of benzene rings is 1. The highest BCUT2D eigenvalue weighted by Gasteiger charge is 2.16. The van der Waals surface area contributed by atoms with Gasteiger partial charge in [0.25, 0.3) is 0 Å². The average molecular weight is 323 g/mol. The standard InChI is InChI=1S/C15H17NO5S/c1-11-10-13(6-7-14(11)15(17)18)22(19,20)16-8-2-4-12-5-3-9-21-12/h3,5-7,9-10,16H,2,4,8H2,1H3,(H,17,18). The van der Waals surface area contributed by atoms with Crippen molar-refractivity contribution in [3.8, 4) is 0 Å². The molecule has 2 aromatic rings. The van der Waals surface area contributed by atoms with Crippen molar-refractivity contribution in [2.24, 2.45) is 0 Å². The zero-order chi connectivity index (χ0) is 16.2. The molecular weight excluding hydrogens is 306 g/mol. The van der Waals surface area contributed by atoms with Gasteiger partial charge in [0.2, 0.25) is 10.0 Å². The molecule has 0 aliphatic rings. The zero-order valence-electron chi connectivity index (χ0n) is 12.1. The molecule has 0 saturated heterocycles. The van der Waals surface area contributed by atoms with Crippen LogP contribution in [0.25, 0.3) is 0 Å². The normalized spacial score (nSPS) is 11.5. The second kappa shape index (κ2) is 6.76. The quantitative estimate of drug-likeness (QED) is 0.761. The third kappa shape index (κ3) is 3.96. The van der Waals surface area contributed by atoms with E-state index in [2.05, 4.69) is 4.72 Å². The fourth-order valence-corrected chi connectivity index (χ4v) is 3.21. The topological polar surface area (TPSA) is 96.6 Å². The molecule has 0 amide bonds. The van der Waals surface area contributed by atoms with Gasteiger partial charge in [-0.2, -0.15) is 0 Å². The van der Waals surface area contributed by atoms with Gasteiger partial charge in [-0.3, -0.25) is 0 Å². The van der Waals surface area contributed by atoms with E-state index in [1.807, 2.05) is 6.07 Å². The number of furan rings is 1. The molecule has 0 fully saturated rings. The Hall–Kier alpha value is -2.12. The molecule has 2 N–H and O–H groups in total. The van der Waals surface area contributed by atoms with E-state index in [1.165, 1.54) is 18.2 Å². The third-order valence-electron chi connectivity index (χ3n) is 3.21. The number of carbonyl (C=O) groups is 1. The van der Waals surface area contributed by atoms with Crippen LogP contribution >= 0.6 is 0 Å². The van der Waals surface area contributed by atoms with Crippen LogP contribution in [0.4, 0.5) is 0 Å².